The van der Waals surface area contributed by atoms with E-state index in [4.69, 9.17) is 15.0 Å². The number of H-pyrrole nitrogens is 1. The molecular formula is C29H23N9. The van der Waals surface area contributed by atoms with Crippen molar-refractivity contribution < 1.29 is 0 Å². The summed E-state index contributed by atoms with van der Waals surface area (Å²) in [6.45, 7) is 0. The second-order valence-corrected chi connectivity index (χ2v) is 9.11. The lowest BCUT2D eigenvalue weighted by molar-refractivity contribution is 0.768. The van der Waals surface area contributed by atoms with E-state index >= 15 is 0 Å². The van der Waals surface area contributed by atoms with Crippen LogP contribution in [0.3, 0.4) is 0 Å². The Kier molecular flexibility index (Phi) is 5.18. The molecule has 0 amide bonds. The molecule has 0 aliphatic carbocycles. The van der Waals surface area contributed by atoms with Gasteiger partial charge in [0.25, 0.3) is 0 Å². The highest BCUT2D eigenvalue weighted by Crippen LogP contribution is 2.33. The van der Waals surface area contributed by atoms with Gasteiger partial charge in [-0.1, -0.05) is 42.5 Å². The van der Waals surface area contributed by atoms with Crippen molar-refractivity contribution in [3.05, 3.63) is 109 Å². The number of aryl methyl sites for hydroxylation is 1. The van der Waals surface area contributed by atoms with E-state index in [2.05, 4.69) is 49.0 Å². The first-order valence-electron chi connectivity index (χ1n) is 12.3. The fraction of sp³-hybridized carbons (Fsp3) is 0.0690. The molecule has 7 rings (SSSR count). The molecule has 0 saturated carbocycles. The molecule has 0 spiro atoms. The van der Waals surface area contributed by atoms with E-state index < -0.39 is 0 Å². The minimum absolute atomic E-state index is 0.488. The molecule has 184 valence electrons. The van der Waals surface area contributed by atoms with E-state index in [1.54, 1.807) is 17.1 Å². The zero-order valence-electron chi connectivity index (χ0n) is 20.6. The van der Waals surface area contributed by atoms with Crippen LogP contribution in [0.25, 0.3) is 39.3 Å². The summed E-state index contributed by atoms with van der Waals surface area (Å²) < 4.78 is 3.79. The Hall–Kier alpha value is -5.31. The van der Waals surface area contributed by atoms with Gasteiger partial charge in [-0.05, 0) is 35.9 Å². The fourth-order valence-corrected chi connectivity index (χ4v) is 4.69. The lowest BCUT2D eigenvalue weighted by Gasteiger charge is -2.07. The SMILES string of the molecule is Cn1cc(Nc2nccc(-c3c(-c4ccc5nc(Cc6ccccc6)[nH]c5c4)nc4ccccn34)n2)cn1. The molecule has 9 heteroatoms. The van der Waals surface area contributed by atoms with E-state index in [1.165, 1.54) is 5.56 Å². The van der Waals surface area contributed by atoms with Crippen molar-refractivity contribution in [1.29, 1.82) is 0 Å². The Balaban J connectivity index is 1.31. The summed E-state index contributed by atoms with van der Waals surface area (Å²) in [7, 11) is 1.87. The molecule has 0 bridgehead atoms. The molecule has 0 fully saturated rings. The second-order valence-electron chi connectivity index (χ2n) is 9.11. The predicted molar refractivity (Wildman–Crippen MR) is 147 cm³/mol. The number of fused-ring (bicyclic) bond motifs is 2. The summed E-state index contributed by atoms with van der Waals surface area (Å²) in [6.07, 6.45) is 8.12. The first kappa shape index (κ1) is 21.9. The zero-order valence-corrected chi connectivity index (χ0v) is 20.6. The quantitative estimate of drug-likeness (QED) is 0.319. The smallest absolute Gasteiger partial charge is 0.227 e. The van der Waals surface area contributed by atoms with Crippen LogP contribution in [0, 0.1) is 0 Å². The summed E-state index contributed by atoms with van der Waals surface area (Å²) in [5.74, 6) is 1.42. The van der Waals surface area contributed by atoms with E-state index in [-0.39, 0.29) is 0 Å². The van der Waals surface area contributed by atoms with Crippen molar-refractivity contribution in [3.63, 3.8) is 0 Å². The van der Waals surface area contributed by atoms with Gasteiger partial charge in [0.1, 0.15) is 11.5 Å². The van der Waals surface area contributed by atoms with Crippen molar-refractivity contribution in [1.82, 2.24) is 39.1 Å². The number of anilines is 2. The number of imidazole rings is 2. The molecule has 0 unspecified atom stereocenters. The van der Waals surface area contributed by atoms with Gasteiger partial charge < -0.3 is 10.3 Å². The largest absolute Gasteiger partial charge is 0.342 e. The van der Waals surface area contributed by atoms with Gasteiger partial charge in [0.15, 0.2) is 0 Å². The van der Waals surface area contributed by atoms with Gasteiger partial charge in [0.2, 0.25) is 5.95 Å². The Morgan fingerprint density at radius 3 is 2.68 bits per heavy atom. The molecule has 0 atom stereocenters. The highest BCUT2D eigenvalue weighted by molar-refractivity contribution is 5.87. The third kappa shape index (κ3) is 4.05. The third-order valence-electron chi connectivity index (χ3n) is 6.41. The number of aromatic nitrogens is 8. The highest BCUT2D eigenvalue weighted by atomic mass is 15.3. The van der Waals surface area contributed by atoms with Gasteiger partial charge >= 0.3 is 0 Å². The summed E-state index contributed by atoms with van der Waals surface area (Å²) >= 11 is 0. The standard InChI is InChI=1S/C29H23N9/c1-37-18-21(17-31-37)32-29-30-13-12-23(35-29)28-27(36-26-9-5-6-14-38(26)28)20-10-11-22-24(16-20)34-25(33-22)15-19-7-3-2-4-8-19/h2-14,16-18H,15H2,1H3,(H,33,34)(H,30,32,35). The summed E-state index contributed by atoms with van der Waals surface area (Å²) in [5.41, 5.74) is 8.23. The Morgan fingerprint density at radius 2 is 1.82 bits per heavy atom. The number of benzene rings is 2. The van der Waals surface area contributed by atoms with Crippen LogP contribution >= 0.6 is 0 Å². The molecule has 2 N–H and O–H groups in total. The molecule has 0 aliphatic heterocycles. The number of aromatic amines is 1. The van der Waals surface area contributed by atoms with Crippen LogP contribution in [0.2, 0.25) is 0 Å². The maximum Gasteiger partial charge on any atom is 0.227 e. The average molecular weight is 498 g/mol. The average Bonchev–Trinajstić information content (AvgIpc) is 3.65. The Morgan fingerprint density at radius 1 is 0.921 bits per heavy atom. The van der Waals surface area contributed by atoms with E-state index in [9.17, 15) is 0 Å². The summed E-state index contributed by atoms with van der Waals surface area (Å²) in [6, 6.07) is 24.4. The zero-order chi connectivity index (χ0) is 25.5. The number of hydrogen-bond acceptors (Lipinski definition) is 6. The van der Waals surface area contributed by atoms with Crippen LogP contribution in [0.5, 0.6) is 0 Å². The van der Waals surface area contributed by atoms with Crippen molar-refractivity contribution in [2.75, 3.05) is 5.32 Å². The molecule has 5 heterocycles. The monoisotopic (exact) mass is 497 g/mol. The highest BCUT2D eigenvalue weighted by Gasteiger charge is 2.18. The Labute approximate surface area is 217 Å². The third-order valence-corrected chi connectivity index (χ3v) is 6.41. The van der Waals surface area contributed by atoms with Gasteiger partial charge in [-0.3, -0.25) is 9.08 Å². The van der Waals surface area contributed by atoms with Crippen molar-refractivity contribution in [2.45, 2.75) is 6.42 Å². The van der Waals surface area contributed by atoms with Crippen LogP contribution in [0.4, 0.5) is 11.6 Å². The summed E-state index contributed by atoms with van der Waals surface area (Å²) in [4.78, 5) is 22.5. The van der Waals surface area contributed by atoms with Crippen molar-refractivity contribution in [2.24, 2.45) is 7.05 Å². The van der Waals surface area contributed by atoms with Crippen LogP contribution in [0.15, 0.2) is 97.6 Å². The number of nitrogens with zero attached hydrogens (tertiary/aromatic N) is 7. The number of nitrogens with one attached hydrogen (secondary N) is 2. The molecule has 2 aromatic carbocycles. The van der Waals surface area contributed by atoms with E-state index in [1.807, 2.05) is 68.0 Å². The lowest BCUT2D eigenvalue weighted by Crippen LogP contribution is -1.99. The molecule has 0 radical (unpaired) electrons. The minimum atomic E-state index is 0.488. The first-order valence-corrected chi connectivity index (χ1v) is 12.3. The predicted octanol–water partition coefficient (Wildman–Crippen LogP) is 5.40. The van der Waals surface area contributed by atoms with Crippen molar-refractivity contribution in [3.8, 4) is 22.6 Å². The van der Waals surface area contributed by atoms with Crippen LogP contribution in [-0.2, 0) is 13.5 Å². The van der Waals surface area contributed by atoms with E-state index in [0.717, 1.165) is 57.3 Å². The number of rotatable bonds is 6. The molecule has 0 saturated heterocycles. The van der Waals surface area contributed by atoms with Crippen LogP contribution in [0.1, 0.15) is 11.4 Å². The van der Waals surface area contributed by atoms with Gasteiger partial charge in [0, 0.05) is 37.6 Å². The molecule has 0 aliphatic rings. The van der Waals surface area contributed by atoms with E-state index in [0.29, 0.717) is 5.95 Å². The number of pyridine rings is 1. The topological polar surface area (TPSA) is 102 Å². The molecule has 38 heavy (non-hydrogen) atoms. The normalized spacial score (nSPS) is 11.4. The van der Waals surface area contributed by atoms with Gasteiger partial charge in [-0.2, -0.15) is 5.10 Å². The molecule has 5 aromatic heterocycles. The Bertz CT molecular complexity index is 1900. The first-order chi connectivity index (χ1) is 18.7. The minimum Gasteiger partial charge on any atom is -0.342 e. The van der Waals surface area contributed by atoms with Gasteiger partial charge in [-0.25, -0.2) is 19.9 Å². The molecule has 9 nitrogen and oxygen atoms in total. The van der Waals surface area contributed by atoms with Gasteiger partial charge in [0.05, 0.1) is 40.0 Å². The number of hydrogen-bond donors (Lipinski definition) is 2. The second kappa shape index (κ2) is 8.97. The molecule has 7 aromatic rings. The van der Waals surface area contributed by atoms with Gasteiger partial charge in [-0.15, -0.1) is 0 Å². The van der Waals surface area contributed by atoms with Crippen LogP contribution < -0.4 is 5.32 Å². The summed E-state index contributed by atoms with van der Waals surface area (Å²) in [5, 5.41) is 7.44. The maximum atomic E-state index is 4.99. The van der Waals surface area contributed by atoms with Crippen LogP contribution in [-0.4, -0.2) is 39.1 Å². The van der Waals surface area contributed by atoms with Crippen molar-refractivity contribution >= 4 is 28.3 Å². The molecular weight excluding hydrogens is 474 g/mol. The lowest BCUT2D eigenvalue weighted by atomic mass is 10.1. The fourth-order valence-electron chi connectivity index (χ4n) is 4.69. The maximum absolute atomic E-state index is 4.99.